The maximum atomic E-state index is 2.55. The molecule has 3 heterocycles. The fourth-order valence-electron chi connectivity index (χ4n) is 9.74. The van der Waals surface area contributed by atoms with Crippen LogP contribution in [0.4, 0.5) is 11.4 Å². The number of para-hydroxylation sites is 4. The van der Waals surface area contributed by atoms with Crippen molar-refractivity contribution < 1.29 is 0 Å². The van der Waals surface area contributed by atoms with Crippen LogP contribution in [0.2, 0.25) is 12.6 Å². The van der Waals surface area contributed by atoms with E-state index in [4.69, 9.17) is 0 Å². The van der Waals surface area contributed by atoms with Gasteiger partial charge in [0.1, 0.15) is 0 Å². The molecule has 1 aromatic heterocycles. The number of aromatic nitrogens is 1. The van der Waals surface area contributed by atoms with Gasteiger partial charge in [0, 0.05) is 39.4 Å². The highest BCUT2D eigenvalue weighted by Crippen LogP contribution is 2.54. The third-order valence-corrected chi connectivity index (χ3v) is 13.2. The van der Waals surface area contributed by atoms with Gasteiger partial charge < -0.3 is 9.47 Å². The van der Waals surface area contributed by atoms with Crippen molar-refractivity contribution in [2.75, 3.05) is 4.90 Å². The molecule has 0 spiro atoms. The molecular weight excluding hydrogens is 639 g/mol. The van der Waals surface area contributed by atoms with Crippen LogP contribution >= 0.6 is 0 Å². The summed E-state index contributed by atoms with van der Waals surface area (Å²) >= 11 is 0. The average molecular weight is 685 g/mol. The van der Waals surface area contributed by atoms with E-state index in [1.165, 1.54) is 90.5 Å². The highest BCUT2D eigenvalue weighted by atomic mass is 15.2. The topological polar surface area (TPSA) is 8.17 Å². The summed E-state index contributed by atoms with van der Waals surface area (Å²) in [5.41, 5.74) is 16.4. The van der Waals surface area contributed by atoms with E-state index < -0.39 is 0 Å². The zero-order chi connectivity index (χ0) is 35.9. The Labute approximate surface area is 314 Å². The lowest BCUT2D eigenvalue weighted by Gasteiger charge is -2.35. The van der Waals surface area contributed by atoms with Crippen molar-refractivity contribution in [3.63, 3.8) is 0 Å². The van der Waals surface area contributed by atoms with Gasteiger partial charge in [-0.05, 0) is 106 Å². The molecule has 3 heteroatoms. The zero-order valence-electron chi connectivity index (χ0n) is 31.2. The maximum Gasteiger partial charge on any atom is 0.177 e. The van der Waals surface area contributed by atoms with Gasteiger partial charge in [0.2, 0.25) is 0 Å². The Morgan fingerprint density at radius 2 is 1.19 bits per heavy atom. The lowest BCUT2D eigenvalue weighted by Crippen LogP contribution is -2.28. The van der Waals surface area contributed by atoms with E-state index >= 15 is 0 Å². The standard InChI is InChI=1S/C50H45BN2/c1-49(2)32-51(33-50(49,3)4)38-28-36(34-23-25-47-43(30-34)41-19-11-13-21-45(41)52(47)39-15-7-5-8-16-39)27-37(29-38)35-24-26-48-44(31-35)42-20-12-14-22-46(42)53(48)40-17-9-6-10-18-40/h5-30,44H,31-33H2,1-4H3. The lowest BCUT2D eigenvalue weighted by molar-refractivity contribution is 0.177. The van der Waals surface area contributed by atoms with Crippen LogP contribution in [-0.2, 0) is 0 Å². The van der Waals surface area contributed by atoms with Crippen LogP contribution in [-0.4, -0.2) is 11.3 Å². The Kier molecular flexibility index (Phi) is 7.28. The van der Waals surface area contributed by atoms with Crippen LogP contribution in [0.15, 0.2) is 163 Å². The molecule has 53 heavy (non-hydrogen) atoms. The van der Waals surface area contributed by atoms with Gasteiger partial charge in [-0.3, -0.25) is 0 Å². The highest BCUT2D eigenvalue weighted by molar-refractivity contribution is 6.74. The number of nitrogens with zero attached hydrogens (tertiary/aromatic N) is 2. The third-order valence-electron chi connectivity index (χ3n) is 13.2. The molecule has 258 valence electrons. The van der Waals surface area contributed by atoms with E-state index in [1.54, 1.807) is 0 Å². The second kappa shape index (κ2) is 12.0. The molecule has 3 aliphatic rings. The van der Waals surface area contributed by atoms with Gasteiger partial charge in [0.25, 0.3) is 0 Å². The molecule has 1 aliphatic carbocycles. The molecule has 1 saturated heterocycles. The van der Waals surface area contributed by atoms with Gasteiger partial charge in [0.15, 0.2) is 6.71 Å². The number of allylic oxidation sites excluding steroid dienone is 4. The van der Waals surface area contributed by atoms with Gasteiger partial charge in [-0.25, -0.2) is 0 Å². The lowest BCUT2D eigenvalue weighted by atomic mass is 9.42. The van der Waals surface area contributed by atoms with Crippen molar-refractivity contribution in [1.29, 1.82) is 0 Å². The Hall–Kier alpha value is -5.54. The quantitative estimate of drug-likeness (QED) is 0.164. The number of anilines is 2. The summed E-state index contributed by atoms with van der Waals surface area (Å²) in [6, 6.07) is 54.2. The smallest absolute Gasteiger partial charge is 0.177 e. The number of rotatable bonds is 5. The summed E-state index contributed by atoms with van der Waals surface area (Å²) in [6.45, 7) is 10.4. The van der Waals surface area contributed by atoms with E-state index in [-0.39, 0.29) is 10.8 Å². The molecule has 2 aliphatic heterocycles. The molecule has 1 fully saturated rings. The molecule has 1 unspecified atom stereocenters. The average Bonchev–Trinajstić information content (AvgIpc) is 3.78. The number of benzene rings is 6. The third kappa shape index (κ3) is 5.16. The predicted molar refractivity (Wildman–Crippen MR) is 227 cm³/mol. The first kappa shape index (κ1) is 32.1. The van der Waals surface area contributed by atoms with Crippen molar-refractivity contribution in [3.05, 3.63) is 175 Å². The van der Waals surface area contributed by atoms with Gasteiger partial charge >= 0.3 is 0 Å². The Balaban J connectivity index is 1.12. The number of hydrogen-bond acceptors (Lipinski definition) is 1. The van der Waals surface area contributed by atoms with E-state index in [2.05, 4.69) is 195 Å². The largest absolute Gasteiger partial charge is 0.313 e. The van der Waals surface area contributed by atoms with Crippen molar-refractivity contribution in [3.8, 4) is 16.8 Å². The molecule has 0 amide bonds. The van der Waals surface area contributed by atoms with Crippen molar-refractivity contribution in [2.24, 2.45) is 10.8 Å². The summed E-state index contributed by atoms with van der Waals surface area (Å²) < 4.78 is 2.41. The summed E-state index contributed by atoms with van der Waals surface area (Å²) in [4.78, 5) is 2.47. The minimum Gasteiger partial charge on any atom is -0.313 e. The molecule has 2 nitrogen and oxygen atoms in total. The van der Waals surface area contributed by atoms with E-state index in [1.807, 2.05) is 0 Å². The van der Waals surface area contributed by atoms with Gasteiger partial charge in [-0.2, -0.15) is 0 Å². The van der Waals surface area contributed by atoms with Crippen molar-refractivity contribution in [1.82, 2.24) is 4.57 Å². The molecule has 0 bridgehead atoms. The van der Waals surface area contributed by atoms with Crippen LogP contribution < -0.4 is 10.4 Å². The van der Waals surface area contributed by atoms with Crippen LogP contribution in [0.3, 0.4) is 0 Å². The second-order valence-corrected chi connectivity index (χ2v) is 16.9. The summed E-state index contributed by atoms with van der Waals surface area (Å²) in [6.07, 6.45) is 8.21. The normalized spacial score (nSPS) is 18.6. The van der Waals surface area contributed by atoms with Crippen LogP contribution in [0.5, 0.6) is 0 Å². The summed E-state index contributed by atoms with van der Waals surface area (Å²) in [5, 5.41) is 2.59. The van der Waals surface area contributed by atoms with Crippen LogP contribution in [0.25, 0.3) is 44.2 Å². The molecule has 0 radical (unpaired) electrons. The van der Waals surface area contributed by atoms with E-state index in [0.29, 0.717) is 12.6 Å². The fraction of sp³-hybridized carbons (Fsp3) is 0.200. The predicted octanol–water partition coefficient (Wildman–Crippen LogP) is 12.8. The van der Waals surface area contributed by atoms with Gasteiger partial charge in [-0.15, -0.1) is 0 Å². The monoisotopic (exact) mass is 684 g/mol. The van der Waals surface area contributed by atoms with Crippen LogP contribution in [0, 0.1) is 10.8 Å². The first-order valence-corrected chi connectivity index (χ1v) is 19.3. The van der Waals surface area contributed by atoms with Gasteiger partial charge in [0.05, 0.1) is 11.0 Å². The summed E-state index contributed by atoms with van der Waals surface area (Å²) in [7, 11) is 0. The van der Waals surface area contributed by atoms with E-state index in [0.717, 1.165) is 6.42 Å². The van der Waals surface area contributed by atoms with Crippen molar-refractivity contribution >= 4 is 50.9 Å². The first-order chi connectivity index (χ1) is 25.8. The number of fused-ring (bicyclic) bond motifs is 6. The Morgan fingerprint density at radius 3 is 1.96 bits per heavy atom. The minimum atomic E-state index is 0.280. The van der Waals surface area contributed by atoms with Crippen molar-refractivity contribution in [2.45, 2.75) is 52.7 Å². The molecule has 6 aromatic carbocycles. The summed E-state index contributed by atoms with van der Waals surface area (Å²) in [5.74, 6) is 0.323. The van der Waals surface area contributed by atoms with E-state index in [9.17, 15) is 0 Å². The first-order valence-electron chi connectivity index (χ1n) is 19.3. The molecule has 7 aromatic rings. The Bertz CT molecular complexity index is 2590. The zero-order valence-corrected chi connectivity index (χ0v) is 31.2. The highest BCUT2D eigenvalue weighted by Gasteiger charge is 2.48. The minimum absolute atomic E-state index is 0.280. The molecule has 0 N–H and O–H groups in total. The van der Waals surface area contributed by atoms with Crippen LogP contribution in [0.1, 0.15) is 51.2 Å². The van der Waals surface area contributed by atoms with Gasteiger partial charge in [-0.1, -0.05) is 143 Å². The SMILES string of the molecule is CC1(C)CB(c2cc(C3=CC=C4C(C3)c3ccccc3N4c3ccccc3)cc(-c3ccc4c(c3)c3ccccc3n4-c3ccccc3)c2)CC1(C)C. The molecule has 10 rings (SSSR count). The Morgan fingerprint density at radius 1 is 0.547 bits per heavy atom. The molecular formula is C50H45BN2. The molecule has 1 atom stereocenters. The fourth-order valence-corrected chi connectivity index (χ4v) is 9.74. The second-order valence-electron chi connectivity index (χ2n) is 16.9. The number of hydrogen-bond donors (Lipinski definition) is 0. The molecule has 0 saturated carbocycles. The maximum absolute atomic E-state index is 2.55.